The summed E-state index contributed by atoms with van der Waals surface area (Å²) in [6.07, 6.45) is 3.30. The lowest BCUT2D eigenvalue weighted by Crippen LogP contribution is -2.11. The minimum absolute atomic E-state index is 0.142. The van der Waals surface area contributed by atoms with Gasteiger partial charge in [-0.3, -0.25) is 10.2 Å². The van der Waals surface area contributed by atoms with E-state index in [9.17, 15) is 9.59 Å². The number of allylic oxidation sites excluding steroid dienone is 1. The second kappa shape index (κ2) is 6.98. The van der Waals surface area contributed by atoms with Crippen molar-refractivity contribution in [3.8, 4) is 5.75 Å². The number of carboxylic acids is 1. The Hall–Kier alpha value is -2.45. The van der Waals surface area contributed by atoms with E-state index in [2.05, 4.69) is 4.98 Å². The van der Waals surface area contributed by atoms with E-state index in [0.717, 1.165) is 11.8 Å². The second-order valence-corrected chi connectivity index (χ2v) is 6.91. The van der Waals surface area contributed by atoms with Crippen molar-refractivity contribution in [2.75, 3.05) is 6.61 Å². The van der Waals surface area contributed by atoms with Gasteiger partial charge >= 0.3 is 5.97 Å². The Morgan fingerprint density at radius 3 is 3.00 bits per heavy atom. The van der Waals surface area contributed by atoms with Crippen molar-refractivity contribution in [1.82, 2.24) is 4.98 Å². The molecule has 6 nitrogen and oxygen atoms in total. The molecule has 1 aromatic carbocycles. The first-order chi connectivity index (χ1) is 11.5. The Morgan fingerprint density at radius 1 is 1.46 bits per heavy atom. The number of rotatable bonds is 5. The van der Waals surface area contributed by atoms with Gasteiger partial charge in [-0.25, -0.2) is 9.78 Å². The van der Waals surface area contributed by atoms with Crippen LogP contribution >= 0.6 is 23.1 Å². The smallest absolute Gasteiger partial charge is 0.341 e. The Kier molecular flexibility index (Phi) is 4.77. The number of aliphatic carboxylic acids is 1. The molecule has 1 saturated heterocycles. The highest BCUT2D eigenvalue weighted by molar-refractivity contribution is 8.19. The number of nitrogens with one attached hydrogen (secondary N) is 1. The van der Waals surface area contributed by atoms with Crippen LogP contribution in [-0.2, 0) is 9.59 Å². The maximum atomic E-state index is 12.5. The molecule has 24 heavy (non-hydrogen) atoms. The van der Waals surface area contributed by atoms with Crippen LogP contribution in [0.5, 0.6) is 5.75 Å². The third-order valence-electron chi connectivity index (χ3n) is 3.20. The van der Waals surface area contributed by atoms with Gasteiger partial charge in [0.1, 0.15) is 16.7 Å². The Balaban J connectivity index is 1.82. The molecule has 122 valence electrons. The number of Topliss-reactive ketones (excluding diaryl/α,β-unsaturated/α-hetero) is 1. The number of ether oxygens (including phenoxy) is 1. The number of carbonyl (C=O) groups excluding carboxylic acids is 1. The molecule has 2 heterocycles. The highest BCUT2D eigenvalue weighted by Gasteiger charge is 2.38. The van der Waals surface area contributed by atoms with Crippen molar-refractivity contribution in [2.45, 2.75) is 5.92 Å². The number of ketones is 1. The zero-order valence-corrected chi connectivity index (χ0v) is 13.9. The summed E-state index contributed by atoms with van der Waals surface area (Å²) in [4.78, 5) is 27.7. The van der Waals surface area contributed by atoms with Crippen LogP contribution in [0.2, 0.25) is 0 Å². The van der Waals surface area contributed by atoms with Gasteiger partial charge in [-0.15, -0.1) is 11.3 Å². The number of carbonyl (C=O) groups is 2. The van der Waals surface area contributed by atoms with Gasteiger partial charge in [0.05, 0.1) is 9.95 Å². The maximum absolute atomic E-state index is 12.5. The topological polar surface area (TPSA) is 100 Å². The Morgan fingerprint density at radius 2 is 2.29 bits per heavy atom. The number of hydrogen-bond acceptors (Lipinski definition) is 7. The summed E-state index contributed by atoms with van der Waals surface area (Å²) >= 11 is 2.48. The average molecular weight is 360 g/mol. The summed E-state index contributed by atoms with van der Waals surface area (Å²) in [5.74, 6) is -1.40. The zero-order valence-electron chi connectivity index (χ0n) is 12.3. The molecule has 0 spiro atoms. The van der Waals surface area contributed by atoms with Crippen LogP contribution < -0.4 is 4.74 Å². The Bertz CT molecular complexity index is 830. The standard InChI is InChI=1S/C16H12N2O4S2/c17-15-13(16-18-4-5-23-16)14(21)11(24-15)7-9-2-1-3-10(6-9)22-8-12(19)20/h1-7,13,17H,8H2,(H,19,20)/b11-7-,17-15?/t13-/m0/s1. The average Bonchev–Trinajstić information content (AvgIpc) is 3.15. The molecule has 1 atom stereocenters. The highest BCUT2D eigenvalue weighted by Crippen LogP contribution is 2.41. The van der Waals surface area contributed by atoms with E-state index in [1.54, 1.807) is 41.9 Å². The summed E-state index contributed by atoms with van der Waals surface area (Å²) in [5, 5.41) is 19.4. The quantitative estimate of drug-likeness (QED) is 0.795. The Labute approximate surface area is 145 Å². The van der Waals surface area contributed by atoms with Crippen LogP contribution in [0.3, 0.4) is 0 Å². The molecule has 0 unspecified atom stereocenters. The van der Waals surface area contributed by atoms with Crippen molar-refractivity contribution < 1.29 is 19.4 Å². The summed E-state index contributed by atoms with van der Waals surface area (Å²) < 4.78 is 5.13. The fourth-order valence-electron chi connectivity index (χ4n) is 2.18. The molecule has 1 aliphatic heterocycles. The fourth-order valence-corrected chi connectivity index (χ4v) is 3.99. The molecule has 0 saturated carbocycles. The first-order valence-corrected chi connectivity index (χ1v) is 8.60. The van der Waals surface area contributed by atoms with Crippen LogP contribution in [0.25, 0.3) is 6.08 Å². The monoisotopic (exact) mass is 360 g/mol. The van der Waals surface area contributed by atoms with Gasteiger partial charge < -0.3 is 9.84 Å². The van der Waals surface area contributed by atoms with Crippen molar-refractivity contribution in [1.29, 1.82) is 5.41 Å². The molecule has 0 bridgehead atoms. The minimum atomic E-state index is -1.06. The van der Waals surface area contributed by atoms with Crippen molar-refractivity contribution in [3.63, 3.8) is 0 Å². The number of aromatic nitrogens is 1. The van der Waals surface area contributed by atoms with E-state index in [4.69, 9.17) is 15.3 Å². The first kappa shape index (κ1) is 16.4. The summed E-state index contributed by atoms with van der Waals surface area (Å²) in [6, 6.07) is 6.81. The van der Waals surface area contributed by atoms with Gasteiger partial charge in [-0.1, -0.05) is 23.9 Å². The molecule has 0 amide bonds. The summed E-state index contributed by atoms with van der Waals surface area (Å²) in [7, 11) is 0. The molecule has 0 aliphatic carbocycles. The lowest BCUT2D eigenvalue weighted by molar-refractivity contribution is -0.139. The number of thioether (sulfide) groups is 1. The third-order valence-corrected chi connectivity index (χ3v) is 5.04. The van der Waals surface area contributed by atoms with Crippen LogP contribution in [0.1, 0.15) is 16.5 Å². The molecule has 1 aromatic heterocycles. The second-order valence-electron chi connectivity index (χ2n) is 4.90. The summed E-state index contributed by atoms with van der Waals surface area (Å²) in [5.41, 5.74) is 0.710. The lowest BCUT2D eigenvalue weighted by atomic mass is 10.1. The number of nitrogens with zero attached hydrogens (tertiary/aromatic N) is 1. The van der Waals surface area contributed by atoms with E-state index in [-0.39, 0.29) is 10.8 Å². The number of carboxylic acid groups (broad SMARTS) is 1. The van der Waals surface area contributed by atoms with Gasteiger partial charge in [0.25, 0.3) is 0 Å². The molecule has 2 N–H and O–H groups in total. The fraction of sp³-hybridized carbons (Fsp3) is 0.125. The SMILES string of the molecule is N=C1S/C(=C\c2cccc(OCC(=O)O)c2)C(=O)[C@@H]1c1nccs1. The molecule has 8 heteroatoms. The van der Waals surface area contributed by atoms with Crippen molar-refractivity contribution in [3.05, 3.63) is 51.3 Å². The van der Waals surface area contributed by atoms with E-state index < -0.39 is 18.5 Å². The minimum Gasteiger partial charge on any atom is -0.482 e. The van der Waals surface area contributed by atoms with Crippen molar-refractivity contribution >= 4 is 46.0 Å². The number of thiazole rings is 1. The maximum Gasteiger partial charge on any atom is 0.341 e. The third kappa shape index (κ3) is 3.55. The molecule has 1 fully saturated rings. The van der Waals surface area contributed by atoms with Gasteiger partial charge in [0, 0.05) is 11.6 Å². The molecular weight excluding hydrogens is 348 g/mol. The predicted molar refractivity (Wildman–Crippen MR) is 92.7 cm³/mol. The number of benzene rings is 1. The first-order valence-electron chi connectivity index (χ1n) is 6.91. The molecule has 2 aromatic rings. The highest BCUT2D eigenvalue weighted by atomic mass is 32.2. The van der Waals surface area contributed by atoms with E-state index in [1.165, 1.54) is 11.3 Å². The predicted octanol–water partition coefficient (Wildman–Crippen LogP) is 3.02. The molecule has 3 rings (SSSR count). The molecule has 0 radical (unpaired) electrons. The van der Waals surface area contributed by atoms with E-state index in [1.807, 2.05) is 0 Å². The van der Waals surface area contributed by atoms with Gasteiger partial charge in [0.2, 0.25) is 0 Å². The lowest BCUT2D eigenvalue weighted by Gasteiger charge is -2.04. The zero-order chi connectivity index (χ0) is 17.1. The van der Waals surface area contributed by atoms with Gasteiger partial charge in [-0.2, -0.15) is 0 Å². The summed E-state index contributed by atoms with van der Waals surface area (Å²) in [6.45, 7) is -0.426. The largest absolute Gasteiger partial charge is 0.482 e. The molecular formula is C16H12N2O4S2. The van der Waals surface area contributed by atoms with Crippen LogP contribution in [0.15, 0.2) is 40.7 Å². The van der Waals surface area contributed by atoms with Gasteiger partial charge in [0.15, 0.2) is 12.4 Å². The van der Waals surface area contributed by atoms with E-state index in [0.29, 0.717) is 21.2 Å². The van der Waals surface area contributed by atoms with Gasteiger partial charge in [-0.05, 0) is 23.8 Å². The number of hydrogen-bond donors (Lipinski definition) is 2. The van der Waals surface area contributed by atoms with Crippen molar-refractivity contribution in [2.24, 2.45) is 0 Å². The van der Waals surface area contributed by atoms with Crippen LogP contribution in [0, 0.1) is 5.41 Å². The molecule has 1 aliphatic rings. The normalized spacial score (nSPS) is 19.0. The van der Waals surface area contributed by atoms with Crippen LogP contribution in [-0.4, -0.2) is 33.5 Å². The van der Waals surface area contributed by atoms with E-state index >= 15 is 0 Å². The van der Waals surface area contributed by atoms with Crippen LogP contribution in [0.4, 0.5) is 0 Å².